The first-order chi connectivity index (χ1) is 11.5. The van der Waals surface area contributed by atoms with Gasteiger partial charge in [0.2, 0.25) is 0 Å². The fourth-order valence-electron chi connectivity index (χ4n) is 3.73. The highest BCUT2D eigenvalue weighted by molar-refractivity contribution is 6.15. The molecule has 0 bridgehead atoms. The second-order valence-electron chi connectivity index (χ2n) is 6.37. The van der Waals surface area contributed by atoms with Crippen LogP contribution in [0.25, 0.3) is 32.7 Å². The summed E-state index contributed by atoms with van der Waals surface area (Å²) in [4.78, 5) is 18.9. The zero-order valence-corrected chi connectivity index (χ0v) is 14.3. The number of ether oxygens (including phenoxy) is 1. The molecule has 0 spiro atoms. The van der Waals surface area contributed by atoms with E-state index < -0.39 is 0 Å². The van der Waals surface area contributed by atoms with Crippen LogP contribution in [-0.4, -0.2) is 22.5 Å². The second kappa shape index (κ2) is 5.13. The largest absolute Gasteiger partial charge is 0.461 e. The van der Waals surface area contributed by atoms with Crippen LogP contribution in [0, 0.1) is 20.8 Å². The Hall–Kier alpha value is -2.75. The van der Waals surface area contributed by atoms with Crippen molar-refractivity contribution in [2.24, 2.45) is 0 Å². The molecule has 4 aromatic rings. The number of hydrogen-bond acceptors (Lipinski definition) is 2. The molecule has 0 amide bonds. The Labute approximate surface area is 139 Å². The van der Waals surface area contributed by atoms with Crippen LogP contribution < -0.4 is 0 Å². The lowest BCUT2D eigenvalue weighted by Gasteiger charge is -2.03. The smallest absolute Gasteiger partial charge is 0.355 e. The fourth-order valence-corrected chi connectivity index (χ4v) is 3.73. The van der Waals surface area contributed by atoms with Crippen molar-refractivity contribution >= 4 is 38.7 Å². The Kier molecular flexibility index (Phi) is 3.17. The normalized spacial score (nSPS) is 11.7. The Balaban J connectivity index is 2.09. The predicted octanol–water partition coefficient (Wildman–Crippen LogP) is 4.90. The van der Waals surface area contributed by atoms with Crippen LogP contribution in [0.15, 0.2) is 24.3 Å². The van der Waals surface area contributed by atoms with E-state index in [1.165, 1.54) is 21.9 Å². The van der Waals surface area contributed by atoms with E-state index in [1.807, 2.05) is 13.8 Å². The molecular weight excluding hydrogens is 300 g/mol. The van der Waals surface area contributed by atoms with Gasteiger partial charge in [0.25, 0.3) is 0 Å². The summed E-state index contributed by atoms with van der Waals surface area (Å²) in [6, 6.07) is 8.53. The summed E-state index contributed by atoms with van der Waals surface area (Å²) in [5.74, 6) is -0.296. The SMILES string of the molecule is CCOC(=O)c1[nH]c2cc3[nH]c4ccc(C)cc4c3c(C)c2c1C. The molecule has 0 unspecified atom stereocenters. The molecule has 0 saturated heterocycles. The summed E-state index contributed by atoms with van der Waals surface area (Å²) < 4.78 is 5.17. The van der Waals surface area contributed by atoms with Crippen LogP contribution in [0.1, 0.15) is 34.1 Å². The average Bonchev–Trinajstić information content (AvgIpc) is 3.05. The number of rotatable bonds is 2. The van der Waals surface area contributed by atoms with Gasteiger partial charge in [-0.05, 0) is 57.0 Å². The number of aromatic amines is 2. The van der Waals surface area contributed by atoms with Crippen LogP contribution in [0.4, 0.5) is 0 Å². The molecule has 122 valence electrons. The molecule has 0 aliphatic rings. The van der Waals surface area contributed by atoms with Gasteiger partial charge in [0.05, 0.1) is 6.61 Å². The highest BCUT2D eigenvalue weighted by Gasteiger charge is 2.19. The van der Waals surface area contributed by atoms with Gasteiger partial charge < -0.3 is 14.7 Å². The molecule has 0 radical (unpaired) electrons. The van der Waals surface area contributed by atoms with Crippen molar-refractivity contribution in [2.45, 2.75) is 27.7 Å². The first-order valence-electron chi connectivity index (χ1n) is 8.22. The fraction of sp³-hybridized carbons (Fsp3) is 0.250. The Bertz CT molecular complexity index is 1120. The number of benzene rings is 2. The number of aryl methyl sites for hydroxylation is 3. The van der Waals surface area contributed by atoms with Gasteiger partial charge in [-0.1, -0.05) is 11.6 Å². The molecule has 0 aliphatic heterocycles. The number of fused-ring (bicyclic) bond motifs is 4. The summed E-state index contributed by atoms with van der Waals surface area (Å²) in [5, 5.41) is 3.55. The van der Waals surface area contributed by atoms with Crippen molar-refractivity contribution < 1.29 is 9.53 Å². The van der Waals surface area contributed by atoms with Gasteiger partial charge in [0.15, 0.2) is 0 Å². The summed E-state index contributed by atoms with van der Waals surface area (Å²) in [6.45, 7) is 8.39. The monoisotopic (exact) mass is 320 g/mol. The number of carbonyl (C=O) groups excluding carboxylic acids is 1. The first kappa shape index (κ1) is 14.8. The van der Waals surface area contributed by atoms with E-state index >= 15 is 0 Å². The highest BCUT2D eigenvalue weighted by Crippen LogP contribution is 2.36. The molecule has 24 heavy (non-hydrogen) atoms. The molecule has 4 nitrogen and oxygen atoms in total. The van der Waals surface area contributed by atoms with Crippen LogP contribution in [0.2, 0.25) is 0 Å². The summed E-state index contributed by atoms with van der Waals surface area (Å²) in [7, 11) is 0. The lowest BCUT2D eigenvalue weighted by atomic mass is 10.00. The predicted molar refractivity (Wildman–Crippen MR) is 97.8 cm³/mol. The molecule has 0 aliphatic carbocycles. The Morgan fingerprint density at radius 3 is 2.46 bits per heavy atom. The zero-order chi connectivity index (χ0) is 17.0. The molecule has 2 aromatic heterocycles. The van der Waals surface area contributed by atoms with E-state index in [-0.39, 0.29) is 5.97 Å². The van der Waals surface area contributed by atoms with Gasteiger partial charge in [-0.2, -0.15) is 0 Å². The van der Waals surface area contributed by atoms with Crippen molar-refractivity contribution in [3.63, 3.8) is 0 Å². The van der Waals surface area contributed by atoms with Gasteiger partial charge in [-0.3, -0.25) is 0 Å². The topological polar surface area (TPSA) is 57.9 Å². The van der Waals surface area contributed by atoms with E-state index in [0.717, 1.165) is 27.5 Å². The summed E-state index contributed by atoms with van der Waals surface area (Å²) >= 11 is 0. The van der Waals surface area contributed by atoms with E-state index in [0.29, 0.717) is 12.3 Å². The Morgan fingerprint density at radius 2 is 1.71 bits per heavy atom. The lowest BCUT2D eigenvalue weighted by Crippen LogP contribution is -2.06. The van der Waals surface area contributed by atoms with Crippen molar-refractivity contribution in [1.82, 2.24) is 9.97 Å². The van der Waals surface area contributed by atoms with E-state index in [4.69, 9.17) is 4.74 Å². The third-order valence-corrected chi connectivity index (χ3v) is 4.78. The van der Waals surface area contributed by atoms with Crippen LogP contribution in [0.3, 0.4) is 0 Å². The first-order valence-corrected chi connectivity index (χ1v) is 8.22. The number of aromatic nitrogens is 2. The maximum absolute atomic E-state index is 12.2. The van der Waals surface area contributed by atoms with Crippen LogP contribution in [0.5, 0.6) is 0 Å². The maximum Gasteiger partial charge on any atom is 0.355 e. The second-order valence-corrected chi connectivity index (χ2v) is 6.37. The minimum Gasteiger partial charge on any atom is -0.461 e. The van der Waals surface area contributed by atoms with Crippen molar-refractivity contribution in [2.75, 3.05) is 6.61 Å². The van der Waals surface area contributed by atoms with Gasteiger partial charge >= 0.3 is 5.97 Å². The number of hydrogen-bond donors (Lipinski definition) is 2. The molecule has 2 heterocycles. The van der Waals surface area contributed by atoms with E-state index in [9.17, 15) is 4.79 Å². The van der Waals surface area contributed by atoms with Crippen LogP contribution >= 0.6 is 0 Å². The molecule has 0 fully saturated rings. The zero-order valence-electron chi connectivity index (χ0n) is 14.3. The number of esters is 1. The van der Waals surface area contributed by atoms with E-state index in [2.05, 4.69) is 48.1 Å². The molecule has 4 rings (SSSR count). The van der Waals surface area contributed by atoms with Crippen molar-refractivity contribution in [3.05, 3.63) is 46.6 Å². The minimum atomic E-state index is -0.296. The third kappa shape index (κ3) is 1.96. The van der Waals surface area contributed by atoms with Gasteiger partial charge in [-0.25, -0.2) is 4.79 Å². The van der Waals surface area contributed by atoms with Crippen LogP contribution in [-0.2, 0) is 4.74 Å². The maximum atomic E-state index is 12.2. The standard InChI is InChI=1S/C20H20N2O2/c1-5-24-20(23)19-12(4)17-11(3)18-13-8-10(2)6-7-14(13)21-16(18)9-15(17)22-19/h6-9,21-22H,5H2,1-4H3. The van der Waals surface area contributed by atoms with Gasteiger partial charge in [-0.15, -0.1) is 0 Å². The Morgan fingerprint density at radius 1 is 0.958 bits per heavy atom. The third-order valence-electron chi connectivity index (χ3n) is 4.78. The number of nitrogens with one attached hydrogen (secondary N) is 2. The lowest BCUT2D eigenvalue weighted by molar-refractivity contribution is 0.0520. The average molecular weight is 320 g/mol. The molecule has 2 N–H and O–H groups in total. The van der Waals surface area contributed by atoms with Crippen molar-refractivity contribution in [1.29, 1.82) is 0 Å². The molecule has 0 saturated carbocycles. The summed E-state index contributed by atoms with van der Waals surface area (Å²) in [5.41, 5.74) is 7.09. The number of H-pyrrole nitrogens is 2. The van der Waals surface area contributed by atoms with Crippen molar-refractivity contribution in [3.8, 4) is 0 Å². The quantitative estimate of drug-likeness (QED) is 0.516. The molecular formula is C20H20N2O2. The molecule has 4 heteroatoms. The van der Waals surface area contributed by atoms with Gasteiger partial charge in [0, 0.05) is 32.7 Å². The van der Waals surface area contributed by atoms with E-state index in [1.54, 1.807) is 0 Å². The number of carbonyl (C=O) groups is 1. The van der Waals surface area contributed by atoms with Gasteiger partial charge in [0.1, 0.15) is 5.69 Å². The summed E-state index contributed by atoms with van der Waals surface area (Å²) in [6.07, 6.45) is 0. The molecule has 2 aromatic carbocycles. The molecule has 0 atom stereocenters. The highest BCUT2D eigenvalue weighted by atomic mass is 16.5. The minimum absolute atomic E-state index is 0.296.